The van der Waals surface area contributed by atoms with Crippen LogP contribution in [0.25, 0.3) is 0 Å². The maximum atomic E-state index is 13.1. The molecule has 1 saturated carbocycles. The molecule has 1 unspecified atom stereocenters. The van der Waals surface area contributed by atoms with Gasteiger partial charge in [-0.25, -0.2) is 4.39 Å². The summed E-state index contributed by atoms with van der Waals surface area (Å²) in [4.78, 5) is 0. The van der Waals surface area contributed by atoms with Crippen molar-refractivity contribution in [3.05, 3.63) is 63.0 Å². The summed E-state index contributed by atoms with van der Waals surface area (Å²) in [6, 6.07) is 12.3. The third kappa shape index (κ3) is 3.12. The lowest BCUT2D eigenvalue weighted by Gasteiger charge is -2.15. The maximum Gasteiger partial charge on any atom is 0.124 e. The van der Waals surface area contributed by atoms with Gasteiger partial charge in [-0.1, -0.05) is 18.2 Å². The quantitative estimate of drug-likeness (QED) is 0.810. The number of nitrogens with two attached hydrogens (primary N) is 1. The van der Waals surface area contributed by atoms with Crippen LogP contribution in [0.15, 0.2) is 42.5 Å². The minimum atomic E-state index is -0.252. The van der Waals surface area contributed by atoms with E-state index in [1.165, 1.54) is 12.1 Å². The van der Waals surface area contributed by atoms with E-state index in [2.05, 4.69) is 22.6 Å². The van der Waals surface area contributed by atoms with E-state index in [9.17, 15) is 4.39 Å². The molecule has 4 heteroatoms. The van der Waals surface area contributed by atoms with Crippen LogP contribution in [0.3, 0.4) is 0 Å². The number of hydrogen-bond donors (Lipinski definition) is 1. The highest BCUT2D eigenvalue weighted by Crippen LogP contribution is 2.29. The van der Waals surface area contributed by atoms with Crippen molar-refractivity contribution in [1.29, 1.82) is 0 Å². The van der Waals surface area contributed by atoms with Crippen LogP contribution in [-0.2, 0) is 0 Å². The number of hydrogen-bond acceptors (Lipinski definition) is 2. The SMILES string of the molecule is NC(c1ccc(OC2CC2)cc1)c1ccc(F)cc1I. The second-order valence-corrected chi connectivity index (χ2v) is 6.19. The van der Waals surface area contributed by atoms with Gasteiger partial charge in [0.1, 0.15) is 11.6 Å². The minimum Gasteiger partial charge on any atom is -0.490 e. The highest BCUT2D eigenvalue weighted by atomic mass is 127. The minimum absolute atomic E-state index is 0.237. The van der Waals surface area contributed by atoms with Gasteiger partial charge in [0.25, 0.3) is 0 Å². The highest BCUT2D eigenvalue weighted by Gasteiger charge is 2.23. The highest BCUT2D eigenvalue weighted by molar-refractivity contribution is 14.1. The number of rotatable bonds is 4. The summed E-state index contributed by atoms with van der Waals surface area (Å²) in [5.41, 5.74) is 8.19. The summed E-state index contributed by atoms with van der Waals surface area (Å²) < 4.78 is 19.7. The third-order valence-corrected chi connectivity index (χ3v) is 4.30. The number of halogens is 2. The van der Waals surface area contributed by atoms with Crippen LogP contribution < -0.4 is 10.5 Å². The summed E-state index contributed by atoms with van der Waals surface area (Å²) >= 11 is 2.11. The predicted molar refractivity (Wildman–Crippen MR) is 85.2 cm³/mol. The van der Waals surface area contributed by atoms with Gasteiger partial charge in [-0.3, -0.25) is 0 Å². The Kier molecular flexibility index (Phi) is 3.94. The van der Waals surface area contributed by atoms with Crippen LogP contribution in [0.2, 0.25) is 0 Å². The fourth-order valence-corrected chi connectivity index (χ4v) is 2.88. The average molecular weight is 383 g/mol. The molecule has 2 aromatic rings. The van der Waals surface area contributed by atoms with Crippen LogP contribution in [0.4, 0.5) is 4.39 Å². The van der Waals surface area contributed by atoms with E-state index in [0.717, 1.165) is 33.3 Å². The molecular weight excluding hydrogens is 368 g/mol. The van der Waals surface area contributed by atoms with E-state index in [4.69, 9.17) is 10.5 Å². The van der Waals surface area contributed by atoms with Gasteiger partial charge in [0.15, 0.2) is 0 Å². The molecule has 0 spiro atoms. The summed E-state index contributed by atoms with van der Waals surface area (Å²) in [5.74, 6) is 0.649. The van der Waals surface area contributed by atoms with Gasteiger partial charge in [0.2, 0.25) is 0 Å². The van der Waals surface area contributed by atoms with E-state index in [1.807, 2.05) is 24.3 Å². The topological polar surface area (TPSA) is 35.2 Å². The van der Waals surface area contributed by atoms with Crippen LogP contribution in [0.1, 0.15) is 30.0 Å². The van der Waals surface area contributed by atoms with Crippen LogP contribution in [0.5, 0.6) is 5.75 Å². The summed E-state index contributed by atoms with van der Waals surface area (Å²) in [6.45, 7) is 0. The largest absolute Gasteiger partial charge is 0.490 e. The molecule has 0 aromatic heterocycles. The normalized spacial score (nSPS) is 15.9. The Bertz CT molecular complexity index is 610. The summed E-state index contributed by atoms with van der Waals surface area (Å²) in [7, 11) is 0. The zero-order valence-electron chi connectivity index (χ0n) is 10.9. The Labute approximate surface area is 131 Å². The maximum absolute atomic E-state index is 13.1. The van der Waals surface area contributed by atoms with Crippen molar-refractivity contribution in [2.24, 2.45) is 5.73 Å². The smallest absolute Gasteiger partial charge is 0.124 e. The number of benzene rings is 2. The number of ether oxygens (including phenoxy) is 1. The molecule has 3 rings (SSSR count). The zero-order valence-corrected chi connectivity index (χ0v) is 13.0. The van der Waals surface area contributed by atoms with Crippen molar-refractivity contribution in [2.45, 2.75) is 25.0 Å². The lowest BCUT2D eigenvalue weighted by molar-refractivity contribution is 0.303. The summed E-state index contributed by atoms with van der Waals surface area (Å²) in [6.07, 6.45) is 2.69. The van der Waals surface area contributed by atoms with Crippen molar-refractivity contribution in [2.75, 3.05) is 0 Å². The first kappa shape index (κ1) is 13.8. The van der Waals surface area contributed by atoms with E-state index in [-0.39, 0.29) is 11.9 Å². The van der Waals surface area contributed by atoms with Gasteiger partial charge in [-0.2, -0.15) is 0 Å². The van der Waals surface area contributed by atoms with E-state index in [1.54, 1.807) is 6.07 Å². The van der Waals surface area contributed by atoms with Crippen LogP contribution >= 0.6 is 22.6 Å². The molecule has 20 heavy (non-hydrogen) atoms. The Morgan fingerprint density at radius 2 is 1.85 bits per heavy atom. The molecule has 0 aliphatic heterocycles. The first-order chi connectivity index (χ1) is 9.63. The standard InChI is InChI=1S/C16H15FINO/c17-11-3-8-14(15(18)9-11)16(19)10-1-4-12(5-2-10)20-13-6-7-13/h1-5,8-9,13,16H,6-7,19H2. The molecular formula is C16H15FINO. The van der Waals surface area contributed by atoms with Gasteiger partial charge in [0, 0.05) is 3.57 Å². The Morgan fingerprint density at radius 1 is 1.15 bits per heavy atom. The Balaban J connectivity index is 1.80. The van der Waals surface area contributed by atoms with Crippen molar-refractivity contribution in [3.63, 3.8) is 0 Å². The second kappa shape index (κ2) is 5.69. The Hall–Kier alpha value is -1.14. The molecule has 1 atom stereocenters. The summed E-state index contributed by atoms with van der Waals surface area (Å²) in [5, 5.41) is 0. The average Bonchev–Trinajstić information content (AvgIpc) is 3.23. The first-order valence-electron chi connectivity index (χ1n) is 6.60. The molecule has 104 valence electrons. The van der Waals surface area contributed by atoms with Crippen molar-refractivity contribution in [1.82, 2.24) is 0 Å². The second-order valence-electron chi connectivity index (χ2n) is 5.03. The fourth-order valence-electron chi connectivity index (χ4n) is 2.07. The third-order valence-electron chi connectivity index (χ3n) is 3.36. The van der Waals surface area contributed by atoms with Gasteiger partial charge in [0.05, 0.1) is 12.1 Å². The molecule has 1 aliphatic carbocycles. The zero-order chi connectivity index (χ0) is 14.1. The molecule has 0 radical (unpaired) electrons. The molecule has 2 nitrogen and oxygen atoms in total. The van der Waals surface area contributed by atoms with E-state index < -0.39 is 0 Å². The lowest BCUT2D eigenvalue weighted by atomic mass is 9.99. The van der Waals surface area contributed by atoms with Gasteiger partial charge in [-0.05, 0) is 70.8 Å². The van der Waals surface area contributed by atoms with Gasteiger partial charge in [-0.15, -0.1) is 0 Å². The van der Waals surface area contributed by atoms with Gasteiger partial charge >= 0.3 is 0 Å². The van der Waals surface area contributed by atoms with Crippen molar-refractivity contribution < 1.29 is 9.13 Å². The molecule has 2 N–H and O–H groups in total. The van der Waals surface area contributed by atoms with Crippen molar-refractivity contribution >= 4 is 22.6 Å². The van der Waals surface area contributed by atoms with Crippen molar-refractivity contribution in [3.8, 4) is 5.75 Å². The van der Waals surface area contributed by atoms with E-state index in [0.29, 0.717) is 6.10 Å². The molecule has 1 fully saturated rings. The first-order valence-corrected chi connectivity index (χ1v) is 7.68. The van der Waals surface area contributed by atoms with Crippen LogP contribution in [0, 0.1) is 9.39 Å². The predicted octanol–water partition coefficient (Wildman–Crippen LogP) is 4.02. The molecule has 0 saturated heterocycles. The molecule has 0 heterocycles. The van der Waals surface area contributed by atoms with Crippen LogP contribution in [-0.4, -0.2) is 6.10 Å². The molecule has 2 aromatic carbocycles. The van der Waals surface area contributed by atoms with Gasteiger partial charge < -0.3 is 10.5 Å². The Morgan fingerprint density at radius 3 is 2.45 bits per heavy atom. The molecule has 1 aliphatic rings. The lowest BCUT2D eigenvalue weighted by Crippen LogP contribution is -2.13. The fraction of sp³-hybridized carbons (Fsp3) is 0.250. The van der Waals surface area contributed by atoms with E-state index >= 15 is 0 Å². The monoisotopic (exact) mass is 383 g/mol. The molecule has 0 bridgehead atoms. The molecule has 0 amide bonds.